The van der Waals surface area contributed by atoms with E-state index in [1.54, 1.807) is 30.2 Å². The number of hydrogen-bond donors (Lipinski definition) is 2. The van der Waals surface area contributed by atoms with Crippen LogP contribution < -0.4 is 15.4 Å². The third-order valence-electron chi connectivity index (χ3n) is 4.88. The Labute approximate surface area is 164 Å². The van der Waals surface area contributed by atoms with Gasteiger partial charge in [0.1, 0.15) is 18.6 Å². The summed E-state index contributed by atoms with van der Waals surface area (Å²) < 4.78 is 10.0. The Morgan fingerprint density at radius 1 is 1.18 bits per heavy atom. The van der Waals surface area contributed by atoms with Crippen molar-refractivity contribution in [3.63, 3.8) is 0 Å². The molecule has 0 radical (unpaired) electrons. The van der Waals surface area contributed by atoms with Crippen molar-refractivity contribution in [3.8, 4) is 5.75 Å². The Balaban J connectivity index is 1.68. The van der Waals surface area contributed by atoms with Gasteiger partial charge in [-0.2, -0.15) is 0 Å². The van der Waals surface area contributed by atoms with Gasteiger partial charge in [0, 0.05) is 12.6 Å². The van der Waals surface area contributed by atoms with E-state index in [1.807, 2.05) is 12.1 Å². The van der Waals surface area contributed by atoms with E-state index < -0.39 is 0 Å². The second-order valence-electron chi connectivity index (χ2n) is 6.95. The molecule has 0 saturated heterocycles. The molecule has 0 spiro atoms. The van der Waals surface area contributed by atoms with Crippen LogP contribution in [0.5, 0.6) is 5.75 Å². The van der Waals surface area contributed by atoms with Crippen molar-refractivity contribution in [1.82, 2.24) is 10.1 Å². The van der Waals surface area contributed by atoms with Gasteiger partial charge in [0.25, 0.3) is 0 Å². The molecule has 3 rings (SSSR count). The highest BCUT2D eigenvalue weighted by atomic mass is 16.5. The lowest BCUT2D eigenvalue weighted by Gasteiger charge is -2.29. The van der Waals surface area contributed by atoms with Crippen LogP contribution in [0, 0.1) is 5.92 Å². The molecular formula is C20H26N4O4. The van der Waals surface area contributed by atoms with Crippen LogP contribution in [0.2, 0.25) is 0 Å². The number of nitrogens with one attached hydrogen (secondary N) is 2. The Morgan fingerprint density at radius 2 is 1.96 bits per heavy atom. The lowest BCUT2D eigenvalue weighted by Crippen LogP contribution is -2.43. The summed E-state index contributed by atoms with van der Waals surface area (Å²) in [6.07, 6.45) is 7.09. The topological polar surface area (TPSA) is 96.7 Å². The van der Waals surface area contributed by atoms with Gasteiger partial charge in [-0.15, -0.1) is 0 Å². The normalized spacial score (nSPS) is 14.3. The first-order valence-corrected chi connectivity index (χ1v) is 9.55. The number of para-hydroxylation sites is 2. The fourth-order valence-corrected chi connectivity index (χ4v) is 3.48. The first-order valence-electron chi connectivity index (χ1n) is 9.55. The van der Waals surface area contributed by atoms with Gasteiger partial charge in [-0.25, -0.2) is 4.79 Å². The average Bonchev–Trinajstić information content (AvgIpc) is 3.21. The summed E-state index contributed by atoms with van der Waals surface area (Å²) >= 11 is 0. The number of nitrogens with zero attached hydrogens (tertiary/aromatic N) is 2. The van der Waals surface area contributed by atoms with Gasteiger partial charge in [-0.3, -0.25) is 4.79 Å². The Bertz CT molecular complexity index is 772. The second-order valence-corrected chi connectivity index (χ2v) is 6.95. The molecule has 0 aliphatic heterocycles. The maximum absolute atomic E-state index is 12.9. The molecule has 8 heteroatoms. The molecule has 1 heterocycles. The Hall–Kier alpha value is -3.03. The van der Waals surface area contributed by atoms with Crippen molar-refractivity contribution in [2.45, 2.75) is 32.1 Å². The fraction of sp³-hybridized carbons (Fsp3) is 0.450. The van der Waals surface area contributed by atoms with Gasteiger partial charge in [0.2, 0.25) is 5.91 Å². The smallest absolute Gasteiger partial charge is 0.322 e. The fourth-order valence-electron chi connectivity index (χ4n) is 3.48. The molecule has 1 aromatic carbocycles. The zero-order chi connectivity index (χ0) is 19.8. The van der Waals surface area contributed by atoms with E-state index in [-0.39, 0.29) is 18.5 Å². The molecule has 1 fully saturated rings. The van der Waals surface area contributed by atoms with E-state index in [4.69, 9.17) is 9.26 Å². The summed E-state index contributed by atoms with van der Waals surface area (Å²) in [5.74, 6) is 0.977. The quantitative estimate of drug-likeness (QED) is 0.756. The van der Waals surface area contributed by atoms with Gasteiger partial charge in [-0.1, -0.05) is 36.6 Å². The summed E-state index contributed by atoms with van der Waals surface area (Å²) in [5.41, 5.74) is 0.570. The maximum Gasteiger partial charge on any atom is 0.322 e. The zero-order valence-corrected chi connectivity index (χ0v) is 16.0. The molecule has 3 amide bonds. The van der Waals surface area contributed by atoms with Gasteiger partial charge in [0.15, 0.2) is 5.82 Å². The van der Waals surface area contributed by atoms with Crippen LogP contribution >= 0.6 is 0 Å². The van der Waals surface area contributed by atoms with Crippen LogP contribution in [0.4, 0.5) is 16.3 Å². The summed E-state index contributed by atoms with van der Waals surface area (Å²) in [4.78, 5) is 26.9. The second kappa shape index (κ2) is 9.77. The monoisotopic (exact) mass is 386 g/mol. The molecule has 1 aliphatic carbocycles. The van der Waals surface area contributed by atoms with Crippen molar-refractivity contribution in [1.29, 1.82) is 0 Å². The van der Waals surface area contributed by atoms with Crippen molar-refractivity contribution >= 4 is 23.4 Å². The van der Waals surface area contributed by atoms with E-state index in [0.29, 0.717) is 29.7 Å². The summed E-state index contributed by atoms with van der Waals surface area (Å²) in [6.45, 7) is 0.470. The SMILES string of the molecule is COc1ccccc1NC(=O)N(CC(=O)Nc1ccon1)CC1CCCCC1. The number of rotatable bonds is 7. The number of anilines is 2. The largest absolute Gasteiger partial charge is 0.495 e. The highest BCUT2D eigenvalue weighted by molar-refractivity contribution is 5.97. The third-order valence-corrected chi connectivity index (χ3v) is 4.88. The standard InChI is InChI=1S/C20H26N4O4/c1-27-17-10-6-5-9-16(17)21-20(26)24(13-15-7-3-2-4-8-15)14-19(25)22-18-11-12-28-23-18/h5-6,9-12,15H,2-4,7-8,13-14H2,1H3,(H,21,26)(H,22,23,25). The molecule has 1 saturated carbocycles. The number of carbonyl (C=O) groups excluding carboxylic acids is 2. The van der Waals surface area contributed by atoms with Crippen molar-refractivity contribution in [3.05, 3.63) is 36.6 Å². The molecule has 8 nitrogen and oxygen atoms in total. The van der Waals surface area contributed by atoms with Gasteiger partial charge >= 0.3 is 6.03 Å². The van der Waals surface area contributed by atoms with E-state index in [1.165, 1.54) is 12.7 Å². The minimum Gasteiger partial charge on any atom is -0.495 e. The highest BCUT2D eigenvalue weighted by Gasteiger charge is 2.24. The Morgan fingerprint density at radius 3 is 2.68 bits per heavy atom. The van der Waals surface area contributed by atoms with E-state index >= 15 is 0 Å². The van der Waals surface area contributed by atoms with E-state index in [9.17, 15) is 9.59 Å². The molecule has 150 valence electrons. The summed E-state index contributed by atoms with van der Waals surface area (Å²) in [5, 5.41) is 9.18. The number of aromatic nitrogens is 1. The first kappa shape index (κ1) is 19.7. The number of ether oxygens (including phenoxy) is 1. The number of carbonyl (C=O) groups is 2. The number of hydrogen-bond acceptors (Lipinski definition) is 5. The minimum atomic E-state index is -0.328. The van der Waals surface area contributed by atoms with Crippen molar-refractivity contribution in [2.75, 3.05) is 30.8 Å². The van der Waals surface area contributed by atoms with Crippen LogP contribution in [-0.4, -0.2) is 42.2 Å². The number of amides is 3. The van der Waals surface area contributed by atoms with E-state index in [2.05, 4.69) is 15.8 Å². The van der Waals surface area contributed by atoms with Crippen molar-refractivity contribution < 1.29 is 18.8 Å². The number of methoxy groups -OCH3 is 1. The first-order chi connectivity index (χ1) is 13.7. The van der Waals surface area contributed by atoms with Crippen LogP contribution in [0.1, 0.15) is 32.1 Å². The lowest BCUT2D eigenvalue weighted by molar-refractivity contribution is -0.116. The van der Waals surface area contributed by atoms with Gasteiger partial charge in [-0.05, 0) is 30.9 Å². The molecule has 1 aliphatic rings. The minimum absolute atomic E-state index is 0.0651. The van der Waals surface area contributed by atoms with Gasteiger partial charge < -0.3 is 24.8 Å². The highest BCUT2D eigenvalue weighted by Crippen LogP contribution is 2.26. The third kappa shape index (κ3) is 5.48. The maximum atomic E-state index is 12.9. The van der Waals surface area contributed by atoms with Gasteiger partial charge in [0.05, 0.1) is 12.8 Å². The summed E-state index contributed by atoms with van der Waals surface area (Å²) in [7, 11) is 1.55. The molecule has 0 atom stereocenters. The Kier molecular flexibility index (Phi) is 6.89. The van der Waals surface area contributed by atoms with Crippen molar-refractivity contribution in [2.24, 2.45) is 5.92 Å². The molecule has 2 aromatic rings. The summed E-state index contributed by atoms with van der Waals surface area (Å²) in [6, 6.07) is 8.42. The van der Waals surface area contributed by atoms with E-state index in [0.717, 1.165) is 25.7 Å². The molecule has 2 N–H and O–H groups in total. The average molecular weight is 386 g/mol. The molecular weight excluding hydrogens is 360 g/mol. The van der Waals surface area contributed by atoms with Crippen LogP contribution in [0.15, 0.2) is 41.1 Å². The predicted octanol–water partition coefficient (Wildman–Crippen LogP) is 3.74. The molecule has 0 bridgehead atoms. The van der Waals surface area contributed by atoms with Crippen LogP contribution in [0.25, 0.3) is 0 Å². The molecule has 1 aromatic heterocycles. The van der Waals surface area contributed by atoms with Crippen LogP contribution in [-0.2, 0) is 4.79 Å². The molecule has 28 heavy (non-hydrogen) atoms. The number of benzene rings is 1. The lowest BCUT2D eigenvalue weighted by atomic mass is 9.89. The zero-order valence-electron chi connectivity index (χ0n) is 16.0. The molecule has 0 unspecified atom stereocenters. The number of urea groups is 1. The van der Waals surface area contributed by atoms with Crippen LogP contribution in [0.3, 0.4) is 0 Å². The predicted molar refractivity (Wildman–Crippen MR) is 105 cm³/mol.